The first-order valence-corrected chi connectivity index (χ1v) is 12.3. The molecule has 9 heteroatoms. The lowest BCUT2D eigenvalue weighted by Gasteiger charge is -2.25. The fourth-order valence-corrected chi connectivity index (χ4v) is 4.78. The minimum Gasteiger partial charge on any atom is -0.299 e. The number of aromatic nitrogens is 3. The molecule has 0 aliphatic heterocycles. The first kappa shape index (κ1) is 22.8. The average Bonchev–Trinajstić information content (AvgIpc) is 3.24. The van der Waals surface area contributed by atoms with Crippen LogP contribution in [0.1, 0.15) is 43.7 Å². The molecule has 2 aromatic carbocycles. The third-order valence-electron chi connectivity index (χ3n) is 5.31. The quantitative estimate of drug-likeness (QED) is 0.252. The molecule has 4 rings (SSSR count). The first-order valence-electron chi connectivity index (χ1n) is 10.5. The number of amides is 1. The molecule has 32 heavy (non-hydrogen) atoms. The van der Waals surface area contributed by atoms with E-state index in [-0.39, 0.29) is 11.7 Å². The van der Waals surface area contributed by atoms with Crippen molar-refractivity contribution >= 4 is 47.1 Å². The van der Waals surface area contributed by atoms with Gasteiger partial charge in [-0.25, -0.2) is 5.43 Å². The molecule has 0 bridgehead atoms. The largest absolute Gasteiger partial charge is 0.299 e. The number of hydrogen-bond acceptors (Lipinski definition) is 5. The maximum atomic E-state index is 12.3. The minimum absolute atomic E-state index is 0.198. The second kappa shape index (κ2) is 11.0. The standard InChI is InChI=1S/C23H23Cl2N5OS/c24-18-10-6-16(7-11-18)14-26-27-21(31)15-32-23-29-28-22(17-8-12-19(25)13-9-17)30(23)20-4-2-1-3-5-20/h6-14,20H,1-5,15H2,(H,27,31)/b26-14-. The van der Waals surface area contributed by atoms with E-state index in [9.17, 15) is 4.79 Å². The highest BCUT2D eigenvalue weighted by atomic mass is 35.5. The van der Waals surface area contributed by atoms with Gasteiger partial charge in [0.1, 0.15) is 0 Å². The molecule has 0 spiro atoms. The van der Waals surface area contributed by atoms with Crippen molar-refractivity contribution in [3.8, 4) is 11.4 Å². The summed E-state index contributed by atoms with van der Waals surface area (Å²) in [5.41, 5.74) is 4.39. The Morgan fingerprint density at radius 1 is 1.03 bits per heavy atom. The predicted molar refractivity (Wildman–Crippen MR) is 131 cm³/mol. The van der Waals surface area contributed by atoms with Crippen LogP contribution in [0.3, 0.4) is 0 Å². The number of nitrogens with zero attached hydrogens (tertiary/aromatic N) is 4. The fraction of sp³-hybridized carbons (Fsp3) is 0.304. The number of nitrogens with one attached hydrogen (secondary N) is 1. The summed E-state index contributed by atoms with van der Waals surface area (Å²) in [6, 6.07) is 15.2. The lowest BCUT2D eigenvalue weighted by atomic mass is 9.95. The van der Waals surface area contributed by atoms with Crippen molar-refractivity contribution in [3.63, 3.8) is 0 Å². The zero-order chi connectivity index (χ0) is 22.3. The number of carbonyl (C=O) groups is 1. The predicted octanol–water partition coefficient (Wildman–Crippen LogP) is 6.00. The third kappa shape index (κ3) is 5.91. The molecular weight excluding hydrogens is 465 g/mol. The average molecular weight is 488 g/mol. The molecular formula is C23H23Cl2N5OS. The molecule has 1 amide bonds. The number of benzene rings is 2. The van der Waals surface area contributed by atoms with Gasteiger partial charge in [0, 0.05) is 21.7 Å². The summed E-state index contributed by atoms with van der Waals surface area (Å²) in [5, 5.41) is 15.0. The summed E-state index contributed by atoms with van der Waals surface area (Å²) in [4.78, 5) is 12.3. The molecule has 1 aliphatic rings. The van der Waals surface area contributed by atoms with Gasteiger partial charge in [0.05, 0.1) is 12.0 Å². The van der Waals surface area contributed by atoms with E-state index >= 15 is 0 Å². The van der Waals surface area contributed by atoms with E-state index in [1.165, 1.54) is 31.0 Å². The van der Waals surface area contributed by atoms with Crippen LogP contribution in [-0.2, 0) is 4.79 Å². The molecule has 0 unspecified atom stereocenters. The van der Waals surface area contributed by atoms with Gasteiger partial charge in [0.25, 0.3) is 5.91 Å². The van der Waals surface area contributed by atoms with E-state index in [0.717, 1.165) is 34.9 Å². The van der Waals surface area contributed by atoms with Crippen LogP contribution in [-0.4, -0.2) is 32.6 Å². The van der Waals surface area contributed by atoms with Crippen LogP contribution in [0.4, 0.5) is 0 Å². The summed E-state index contributed by atoms with van der Waals surface area (Å²) in [5.74, 6) is 0.812. The van der Waals surface area contributed by atoms with Crippen molar-refractivity contribution in [1.29, 1.82) is 0 Å². The molecule has 3 aromatic rings. The lowest BCUT2D eigenvalue weighted by molar-refractivity contribution is -0.118. The van der Waals surface area contributed by atoms with E-state index in [1.54, 1.807) is 18.3 Å². The summed E-state index contributed by atoms with van der Waals surface area (Å²) < 4.78 is 2.19. The molecule has 166 valence electrons. The first-order chi connectivity index (χ1) is 15.6. The monoisotopic (exact) mass is 487 g/mol. The van der Waals surface area contributed by atoms with Crippen LogP contribution in [0.15, 0.2) is 58.8 Å². The Bertz CT molecular complexity index is 1080. The second-order valence-electron chi connectivity index (χ2n) is 7.61. The SMILES string of the molecule is O=C(CSc1nnc(-c2ccc(Cl)cc2)n1C1CCCCC1)N/N=C\c1ccc(Cl)cc1. The van der Waals surface area contributed by atoms with Crippen molar-refractivity contribution in [2.24, 2.45) is 5.10 Å². The van der Waals surface area contributed by atoms with Gasteiger partial charge in [-0.3, -0.25) is 9.36 Å². The summed E-state index contributed by atoms with van der Waals surface area (Å²) >= 11 is 13.3. The fourth-order valence-electron chi connectivity index (χ4n) is 3.73. The van der Waals surface area contributed by atoms with Crippen LogP contribution >= 0.6 is 35.0 Å². The normalized spacial score (nSPS) is 14.7. The smallest absolute Gasteiger partial charge is 0.250 e. The van der Waals surface area contributed by atoms with Crippen LogP contribution in [0.2, 0.25) is 10.0 Å². The van der Waals surface area contributed by atoms with Crippen LogP contribution < -0.4 is 5.43 Å². The topological polar surface area (TPSA) is 72.2 Å². The van der Waals surface area contributed by atoms with Crippen LogP contribution in [0, 0.1) is 0 Å². The van der Waals surface area contributed by atoms with Gasteiger partial charge in [-0.2, -0.15) is 5.10 Å². The van der Waals surface area contributed by atoms with Crippen molar-refractivity contribution in [2.45, 2.75) is 43.3 Å². The van der Waals surface area contributed by atoms with Gasteiger partial charge in [0.15, 0.2) is 11.0 Å². The molecule has 0 atom stereocenters. The molecule has 1 heterocycles. The van der Waals surface area contributed by atoms with E-state index in [0.29, 0.717) is 16.1 Å². The van der Waals surface area contributed by atoms with E-state index in [4.69, 9.17) is 23.2 Å². The zero-order valence-electron chi connectivity index (χ0n) is 17.4. The number of halogens is 2. The summed E-state index contributed by atoms with van der Waals surface area (Å²) in [6.45, 7) is 0. The Morgan fingerprint density at radius 3 is 2.38 bits per heavy atom. The van der Waals surface area contributed by atoms with Crippen molar-refractivity contribution in [1.82, 2.24) is 20.2 Å². The molecule has 1 aromatic heterocycles. The zero-order valence-corrected chi connectivity index (χ0v) is 19.7. The Kier molecular flexibility index (Phi) is 7.84. The Labute approximate surface area is 201 Å². The lowest BCUT2D eigenvalue weighted by Crippen LogP contribution is -2.20. The summed E-state index contributed by atoms with van der Waals surface area (Å²) in [7, 11) is 0. The van der Waals surface area contributed by atoms with E-state index in [1.807, 2.05) is 36.4 Å². The third-order valence-corrected chi connectivity index (χ3v) is 6.76. The highest BCUT2D eigenvalue weighted by molar-refractivity contribution is 7.99. The molecule has 6 nitrogen and oxygen atoms in total. The van der Waals surface area contributed by atoms with Crippen molar-refractivity contribution < 1.29 is 4.79 Å². The van der Waals surface area contributed by atoms with E-state index in [2.05, 4.69) is 25.3 Å². The Balaban J connectivity index is 1.44. The second-order valence-corrected chi connectivity index (χ2v) is 9.42. The Hall–Kier alpha value is -2.35. The number of carbonyl (C=O) groups excluding carboxylic acids is 1. The molecule has 0 saturated heterocycles. The van der Waals surface area contributed by atoms with Crippen LogP contribution in [0.5, 0.6) is 0 Å². The summed E-state index contributed by atoms with van der Waals surface area (Å²) in [6.07, 6.45) is 7.39. The minimum atomic E-state index is -0.202. The van der Waals surface area contributed by atoms with Crippen LogP contribution in [0.25, 0.3) is 11.4 Å². The van der Waals surface area contributed by atoms with Crippen molar-refractivity contribution in [2.75, 3.05) is 5.75 Å². The molecule has 1 aliphatic carbocycles. The van der Waals surface area contributed by atoms with E-state index < -0.39 is 0 Å². The number of hydrazone groups is 1. The van der Waals surface area contributed by atoms with Gasteiger partial charge in [-0.05, 0) is 54.8 Å². The molecule has 0 radical (unpaired) electrons. The number of rotatable bonds is 7. The van der Waals surface area contributed by atoms with Gasteiger partial charge < -0.3 is 0 Å². The number of hydrogen-bond donors (Lipinski definition) is 1. The van der Waals surface area contributed by atoms with Gasteiger partial charge in [0.2, 0.25) is 0 Å². The van der Waals surface area contributed by atoms with Gasteiger partial charge in [-0.15, -0.1) is 10.2 Å². The molecule has 1 fully saturated rings. The number of thioether (sulfide) groups is 1. The van der Waals surface area contributed by atoms with Crippen molar-refractivity contribution in [3.05, 3.63) is 64.1 Å². The van der Waals surface area contributed by atoms with Gasteiger partial charge >= 0.3 is 0 Å². The maximum Gasteiger partial charge on any atom is 0.250 e. The molecule has 1 N–H and O–H groups in total. The maximum absolute atomic E-state index is 12.3. The molecule has 1 saturated carbocycles. The Morgan fingerprint density at radius 2 is 1.69 bits per heavy atom. The highest BCUT2D eigenvalue weighted by Gasteiger charge is 2.24. The van der Waals surface area contributed by atoms with Gasteiger partial charge in [-0.1, -0.05) is 66.4 Å². The highest BCUT2D eigenvalue weighted by Crippen LogP contribution is 2.35.